The third kappa shape index (κ3) is 5.83. The average Bonchev–Trinajstić information content (AvgIpc) is 2.71. The van der Waals surface area contributed by atoms with E-state index < -0.39 is 0 Å². The summed E-state index contributed by atoms with van der Waals surface area (Å²) in [6.07, 6.45) is 4.98. The third-order valence-corrected chi connectivity index (χ3v) is 5.46. The highest BCUT2D eigenvalue weighted by Gasteiger charge is 2.23. The lowest BCUT2D eigenvalue weighted by atomic mass is 10.0. The van der Waals surface area contributed by atoms with Crippen molar-refractivity contribution < 1.29 is 4.74 Å². The van der Waals surface area contributed by atoms with Crippen molar-refractivity contribution in [2.75, 3.05) is 25.0 Å². The van der Waals surface area contributed by atoms with Gasteiger partial charge >= 0.3 is 0 Å². The van der Waals surface area contributed by atoms with E-state index in [4.69, 9.17) is 14.7 Å². The number of anilines is 1. The second-order valence-corrected chi connectivity index (χ2v) is 8.03. The Morgan fingerprint density at radius 3 is 2.40 bits per heavy atom. The van der Waals surface area contributed by atoms with Crippen molar-refractivity contribution in [2.24, 2.45) is 9.98 Å². The van der Waals surface area contributed by atoms with Crippen LogP contribution >= 0.6 is 0 Å². The lowest BCUT2D eigenvalue weighted by Crippen LogP contribution is -2.39. The van der Waals surface area contributed by atoms with Crippen LogP contribution in [-0.2, 0) is 4.74 Å². The molecule has 0 saturated carbocycles. The standard InChI is InChI=1S/C24H39N5O/c1-8-12-21(27-22(25-6)24(26-7)30-18(9-2)10-3)19-13-14-20(17(4)5)28-23(19)29-15-11-16-29/h13-14,17-18,25H,7-12,15-16H2,1-6H3/b24-22+,27-21+. The molecule has 0 unspecified atom stereocenters. The van der Waals surface area contributed by atoms with Crippen molar-refractivity contribution in [3.63, 3.8) is 0 Å². The predicted molar refractivity (Wildman–Crippen MR) is 128 cm³/mol. The van der Waals surface area contributed by atoms with E-state index in [9.17, 15) is 0 Å². The monoisotopic (exact) mass is 413 g/mol. The van der Waals surface area contributed by atoms with E-state index in [0.29, 0.717) is 17.6 Å². The molecule has 0 aliphatic carbocycles. The average molecular weight is 414 g/mol. The minimum absolute atomic E-state index is 0.0994. The number of aromatic nitrogens is 1. The van der Waals surface area contributed by atoms with Gasteiger partial charge in [0.15, 0.2) is 5.82 Å². The topological polar surface area (TPSA) is 62.1 Å². The zero-order chi connectivity index (χ0) is 22.1. The van der Waals surface area contributed by atoms with Crippen LogP contribution < -0.4 is 10.2 Å². The van der Waals surface area contributed by atoms with Crippen LogP contribution in [0, 0.1) is 0 Å². The summed E-state index contributed by atoms with van der Waals surface area (Å²) in [6, 6.07) is 4.31. The van der Waals surface area contributed by atoms with Gasteiger partial charge in [0, 0.05) is 31.4 Å². The Morgan fingerprint density at radius 1 is 1.23 bits per heavy atom. The van der Waals surface area contributed by atoms with E-state index in [0.717, 1.165) is 61.6 Å². The minimum atomic E-state index is 0.0994. The molecule has 1 aliphatic rings. The summed E-state index contributed by atoms with van der Waals surface area (Å²) in [7, 11) is 1.85. The maximum atomic E-state index is 6.08. The summed E-state index contributed by atoms with van der Waals surface area (Å²) in [6.45, 7) is 16.6. The Bertz CT molecular complexity index is 761. The molecule has 0 amide bonds. The first-order valence-electron chi connectivity index (χ1n) is 11.4. The predicted octanol–water partition coefficient (Wildman–Crippen LogP) is 5.26. The SMILES string of the molecule is C=N/C(OC(CC)CC)=C(\N=C(/CCC)c1ccc(C(C)C)nc1N1CCC1)NC. The van der Waals surface area contributed by atoms with Crippen molar-refractivity contribution in [3.8, 4) is 0 Å². The highest BCUT2D eigenvalue weighted by molar-refractivity contribution is 6.05. The molecule has 1 fully saturated rings. The summed E-state index contributed by atoms with van der Waals surface area (Å²) >= 11 is 0. The maximum absolute atomic E-state index is 6.08. The second kappa shape index (κ2) is 11.7. The Kier molecular flexibility index (Phi) is 9.34. The van der Waals surface area contributed by atoms with Crippen LogP contribution in [0.1, 0.15) is 83.9 Å². The molecule has 30 heavy (non-hydrogen) atoms. The van der Waals surface area contributed by atoms with Crippen LogP contribution in [0.25, 0.3) is 0 Å². The van der Waals surface area contributed by atoms with Gasteiger partial charge in [-0.3, -0.25) is 0 Å². The fourth-order valence-corrected chi connectivity index (χ4v) is 3.39. The Morgan fingerprint density at radius 2 is 1.93 bits per heavy atom. The van der Waals surface area contributed by atoms with E-state index in [1.165, 1.54) is 6.42 Å². The molecule has 0 radical (unpaired) electrons. The summed E-state index contributed by atoms with van der Waals surface area (Å²) < 4.78 is 6.08. The molecular formula is C24H39N5O. The summed E-state index contributed by atoms with van der Waals surface area (Å²) in [5, 5.41) is 3.17. The molecule has 1 aliphatic heterocycles. The van der Waals surface area contributed by atoms with Crippen molar-refractivity contribution in [1.82, 2.24) is 10.3 Å². The first kappa shape index (κ1) is 23.9. The number of aliphatic imine (C=N–C) groups is 2. The highest BCUT2D eigenvalue weighted by atomic mass is 16.5. The van der Waals surface area contributed by atoms with Crippen molar-refractivity contribution >= 4 is 18.2 Å². The third-order valence-electron chi connectivity index (χ3n) is 5.46. The molecule has 1 aromatic rings. The Balaban J connectivity index is 2.54. The van der Waals surface area contributed by atoms with E-state index in [1.54, 1.807) is 0 Å². The fourth-order valence-electron chi connectivity index (χ4n) is 3.39. The molecule has 2 heterocycles. The van der Waals surface area contributed by atoms with Gasteiger partial charge in [-0.15, -0.1) is 0 Å². The van der Waals surface area contributed by atoms with Gasteiger partial charge < -0.3 is 15.0 Å². The van der Waals surface area contributed by atoms with E-state index in [2.05, 4.69) is 68.7 Å². The first-order valence-corrected chi connectivity index (χ1v) is 11.4. The van der Waals surface area contributed by atoms with E-state index in [-0.39, 0.29) is 6.10 Å². The summed E-state index contributed by atoms with van der Waals surface area (Å²) in [4.78, 5) is 16.5. The van der Waals surface area contributed by atoms with Crippen LogP contribution in [0.15, 0.2) is 33.8 Å². The van der Waals surface area contributed by atoms with Crippen LogP contribution in [0.4, 0.5) is 5.82 Å². The molecule has 1 aromatic heterocycles. The lowest BCUT2D eigenvalue weighted by Gasteiger charge is -2.34. The lowest BCUT2D eigenvalue weighted by molar-refractivity contribution is 0.104. The van der Waals surface area contributed by atoms with Crippen LogP contribution in [0.3, 0.4) is 0 Å². The molecule has 0 bridgehead atoms. The highest BCUT2D eigenvalue weighted by Crippen LogP contribution is 2.28. The van der Waals surface area contributed by atoms with Gasteiger partial charge in [0.25, 0.3) is 5.88 Å². The van der Waals surface area contributed by atoms with Crippen LogP contribution in [-0.4, -0.2) is 43.7 Å². The van der Waals surface area contributed by atoms with Crippen molar-refractivity contribution in [2.45, 2.75) is 78.7 Å². The van der Waals surface area contributed by atoms with Gasteiger partial charge in [-0.2, -0.15) is 0 Å². The number of hydrogen-bond donors (Lipinski definition) is 1. The number of nitrogens with one attached hydrogen (secondary N) is 1. The molecule has 1 N–H and O–H groups in total. The number of hydrogen-bond acceptors (Lipinski definition) is 6. The molecular weight excluding hydrogens is 374 g/mol. The molecule has 0 aromatic carbocycles. The summed E-state index contributed by atoms with van der Waals surface area (Å²) in [5.74, 6) is 2.51. The van der Waals surface area contributed by atoms with Gasteiger partial charge in [-0.1, -0.05) is 41.0 Å². The van der Waals surface area contributed by atoms with Gasteiger partial charge in [-0.25, -0.2) is 15.0 Å². The first-order chi connectivity index (χ1) is 14.5. The number of nitrogens with zero attached hydrogens (tertiary/aromatic N) is 4. The zero-order valence-electron chi connectivity index (χ0n) is 19.7. The van der Waals surface area contributed by atoms with Crippen LogP contribution in [0.5, 0.6) is 0 Å². The van der Waals surface area contributed by atoms with Crippen molar-refractivity contribution in [3.05, 3.63) is 35.1 Å². The quantitative estimate of drug-likeness (QED) is 0.375. The number of ether oxygens (including phenoxy) is 1. The van der Waals surface area contributed by atoms with Crippen molar-refractivity contribution in [1.29, 1.82) is 0 Å². The molecule has 6 heteroatoms. The van der Waals surface area contributed by atoms with Gasteiger partial charge in [0.1, 0.15) is 11.9 Å². The maximum Gasteiger partial charge on any atom is 0.257 e. The zero-order valence-corrected chi connectivity index (χ0v) is 19.7. The second-order valence-electron chi connectivity index (χ2n) is 8.03. The Labute approximate surface area is 182 Å². The largest absolute Gasteiger partial charge is 0.472 e. The normalized spacial score (nSPS) is 15.2. The molecule has 0 spiro atoms. The molecule has 2 rings (SSSR count). The van der Waals surface area contributed by atoms with E-state index in [1.807, 2.05) is 7.05 Å². The smallest absolute Gasteiger partial charge is 0.257 e. The van der Waals surface area contributed by atoms with Gasteiger partial charge in [-0.05, 0) is 50.5 Å². The number of pyridine rings is 1. The molecule has 6 nitrogen and oxygen atoms in total. The molecule has 0 atom stereocenters. The molecule has 166 valence electrons. The van der Waals surface area contributed by atoms with Crippen LogP contribution in [0.2, 0.25) is 0 Å². The fraction of sp³-hybridized carbons (Fsp3) is 0.625. The summed E-state index contributed by atoms with van der Waals surface area (Å²) in [5.41, 5.74) is 3.21. The minimum Gasteiger partial charge on any atom is -0.472 e. The number of rotatable bonds is 12. The Hall–Kier alpha value is -2.37. The van der Waals surface area contributed by atoms with E-state index >= 15 is 0 Å². The van der Waals surface area contributed by atoms with Gasteiger partial charge in [0.2, 0.25) is 0 Å². The van der Waals surface area contributed by atoms with Gasteiger partial charge in [0.05, 0.1) is 5.71 Å². The molecule has 1 saturated heterocycles.